The third-order valence-corrected chi connectivity index (χ3v) is 3.73. The molecule has 0 aliphatic carbocycles. The summed E-state index contributed by atoms with van der Waals surface area (Å²) in [5.74, 6) is -0.0989. The van der Waals surface area contributed by atoms with Crippen molar-refractivity contribution in [1.29, 1.82) is 0 Å². The molecule has 1 aliphatic rings. The minimum atomic E-state index is -1.15. The zero-order valence-electron chi connectivity index (χ0n) is 13.5. The summed E-state index contributed by atoms with van der Waals surface area (Å²) >= 11 is 0. The third-order valence-electron chi connectivity index (χ3n) is 3.73. The number of amides is 1. The number of aliphatic hydroxyl groups excluding tert-OH is 1. The van der Waals surface area contributed by atoms with Crippen molar-refractivity contribution in [3.8, 4) is 0 Å². The van der Waals surface area contributed by atoms with E-state index in [1.165, 1.54) is 0 Å². The molecule has 23 heavy (non-hydrogen) atoms. The van der Waals surface area contributed by atoms with Crippen molar-refractivity contribution in [2.24, 2.45) is 5.92 Å². The van der Waals surface area contributed by atoms with Crippen LogP contribution in [0.25, 0.3) is 0 Å². The molecule has 1 aromatic carbocycles. The standard InChI is InChI=1S/C17H23NO5/c1-12(2)8-14(15(20)17(10-19)11-23-17)18-16(21)22-9-13-6-4-3-5-7-13/h3-7,12,14,19H,8-11H2,1-2H3,(H,18,21)/t14-,17-/m1/s1. The van der Waals surface area contributed by atoms with E-state index in [1.807, 2.05) is 44.2 Å². The smallest absolute Gasteiger partial charge is 0.408 e. The maximum atomic E-state index is 12.4. The monoisotopic (exact) mass is 321 g/mol. The second-order valence-corrected chi connectivity index (χ2v) is 6.19. The van der Waals surface area contributed by atoms with E-state index < -0.39 is 17.7 Å². The van der Waals surface area contributed by atoms with Crippen molar-refractivity contribution in [1.82, 2.24) is 5.32 Å². The summed E-state index contributed by atoms with van der Waals surface area (Å²) in [6, 6.07) is 8.57. The Hall–Kier alpha value is -1.92. The minimum absolute atomic E-state index is 0.136. The van der Waals surface area contributed by atoms with E-state index >= 15 is 0 Å². The van der Waals surface area contributed by atoms with E-state index in [9.17, 15) is 14.7 Å². The van der Waals surface area contributed by atoms with Gasteiger partial charge in [-0.3, -0.25) is 4.79 Å². The lowest BCUT2D eigenvalue weighted by Crippen LogP contribution is -2.48. The Morgan fingerprint density at radius 1 is 1.35 bits per heavy atom. The van der Waals surface area contributed by atoms with Gasteiger partial charge in [-0.25, -0.2) is 4.79 Å². The van der Waals surface area contributed by atoms with Crippen LogP contribution in [0.3, 0.4) is 0 Å². The average Bonchev–Trinajstić information content (AvgIpc) is 3.33. The maximum absolute atomic E-state index is 12.4. The molecule has 0 aromatic heterocycles. The van der Waals surface area contributed by atoms with Gasteiger partial charge >= 0.3 is 6.09 Å². The van der Waals surface area contributed by atoms with Gasteiger partial charge in [0.1, 0.15) is 6.61 Å². The maximum Gasteiger partial charge on any atom is 0.408 e. The second kappa shape index (κ2) is 7.57. The predicted molar refractivity (Wildman–Crippen MR) is 83.8 cm³/mol. The van der Waals surface area contributed by atoms with Gasteiger partial charge in [0.2, 0.25) is 0 Å². The Morgan fingerprint density at radius 3 is 2.52 bits per heavy atom. The summed E-state index contributed by atoms with van der Waals surface area (Å²) in [5, 5.41) is 11.9. The highest BCUT2D eigenvalue weighted by atomic mass is 16.6. The van der Waals surface area contributed by atoms with Crippen LogP contribution in [-0.2, 0) is 20.9 Å². The van der Waals surface area contributed by atoms with Crippen LogP contribution in [-0.4, -0.2) is 41.8 Å². The van der Waals surface area contributed by atoms with Crippen molar-refractivity contribution in [3.63, 3.8) is 0 Å². The molecule has 1 fully saturated rings. The number of Topliss-reactive ketones (excluding diaryl/α,β-unsaturated/α-hetero) is 1. The molecular formula is C17H23NO5. The lowest BCUT2D eigenvalue weighted by atomic mass is 9.93. The van der Waals surface area contributed by atoms with Gasteiger partial charge in [0, 0.05) is 0 Å². The number of epoxide rings is 1. The Morgan fingerprint density at radius 2 is 2.00 bits per heavy atom. The van der Waals surface area contributed by atoms with Gasteiger partial charge in [0.15, 0.2) is 11.4 Å². The van der Waals surface area contributed by atoms with E-state index in [2.05, 4.69) is 5.32 Å². The summed E-state index contributed by atoms with van der Waals surface area (Å²) in [6.45, 7) is 3.86. The number of carbonyl (C=O) groups excluding carboxylic acids is 2. The molecule has 6 nitrogen and oxygen atoms in total. The van der Waals surface area contributed by atoms with Crippen molar-refractivity contribution in [2.45, 2.75) is 38.5 Å². The summed E-state index contributed by atoms with van der Waals surface area (Å²) in [4.78, 5) is 24.4. The van der Waals surface area contributed by atoms with Crippen LogP contribution < -0.4 is 5.32 Å². The quantitative estimate of drug-likeness (QED) is 0.711. The van der Waals surface area contributed by atoms with Gasteiger partial charge in [-0.2, -0.15) is 0 Å². The summed E-state index contributed by atoms with van der Waals surface area (Å²) in [6.07, 6.45) is -0.189. The van der Waals surface area contributed by atoms with Gasteiger partial charge in [-0.15, -0.1) is 0 Å². The van der Waals surface area contributed by atoms with Crippen LogP contribution in [0.1, 0.15) is 25.8 Å². The van der Waals surface area contributed by atoms with E-state index in [0.29, 0.717) is 6.42 Å². The summed E-state index contributed by atoms with van der Waals surface area (Å²) in [5.41, 5.74) is -0.279. The molecule has 126 valence electrons. The number of alkyl carbamates (subject to hydrolysis) is 1. The average molecular weight is 321 g/mol. The van der Waals surface area contributed by atoms with Crippen molar-refractivity contribution in [3.05, 3.63) is 35.9 Å². The fourth-order valence-corrected chi connectivity index (χ4v) is 2.33. The molecule has 2 atom stereocenters. The predicted octanol–water partition coefficient (Wildman–Crippen LogP) is 1.66. The molecule has 0 unspecified atom stereocenters. The highest BCUT2D eigenvalue weighted by Crippen LogP contribution is 2.30. The molecule has 2 rings (SSSR count). The molecule has 2 N–H and O–H groups in total. The molecule has 0 saturated carbocycles. The lowest BCUT2D eigenvalue weighted by molar-refractivity contribution is -0.127. The Bertz CT molecular complexity index is 539. The lowest BCUT2D eigenvalue weighted by Gasteiger charge is -2.21. The normalized spacial score (nSPS) is 20.9. The molecule has 0 bridgehead atoms. The summed E-state index contributed by atoms with van der Waals surface area (Å²) in [7, 11) is 0. The van der Waals surface area contributed by atoms with Gasteiger partial charge in [0.25, 0.3) is 0 Å². The van der Waals surface area contributed by atoms with E-state index in [-0.39, 0.29) is 31.5 Å². The number of ketones is 1. The van der Waals surface area contributed by atoms with Crippen molar-refractivity contribution in [2.75, 3.05) is 13.2 Å². The third kappa shape index (κ3) is 4.77. The number of hydrogen-bond acceptors (Lipinski definition) is 5. The van der Waals surface area contributed by atoms with Crippen LogP contribution in [0.2, 0.25) is 0 Å². The first kappa shape index (κ1) is 17.4. The fourth-order valence-electron chi connectivity index (χ4n) is 2.33. The number of ether oxygens (including phenoxy) is 2. The molecule has 1 heterocycles. The number of nitrogens with one attached hydrogen (secondary N) is 1. The summed E-state index contributed by atoms with van der Waals surface area (Å²) < 4.78 is 10.2. The number of benzene rings is 1. The van der Waals surface area contributed by atoms with Crippen LogP contribution in [0.15, 0.2) is 30.3 Å². The van der Waals surface area contributed by atoms with Crippen LogP contribution in [0.5, 0.6) is 0 Å². The van der Waals surface area contributed by atoms with Crippen molar-refractivity contribution < 1.29 is 24.2 Å². The first-order valence-electron chi connectivity index (χ1n) is 7.73. The Labute approximate surface area is 135 Å². The number of carbonyl (C=O) groups is 2. The second-order valence-electron chi connectivity index (χ2n) is 6.19. The topological polar surface area (TPSA) is 88.2 Å². The molecule has 1 saturated heterocycles. The molecule has 1 aliphatic heterocycles. The highest BCUT2D eigenvalue weighted by molar-refractivity contribution is 5.96. The molecule has 0 spiro atoms. The Balaban J connectivity index is 1.91. The SMILES string of the molecule is CC(C)C[C@@H](NC(=O)OCc1ccccc1)C(=O)[C@@]1(CO)CO1. The van der Waals surface area contributed by atoms with Gasteiger partial charge in [-0.1, -0.05) is 44.2 Å². The molecule has 6 heteroatoms. The first-order chi connectivity index (χ1) is 11.0. The number of aliphatic hydroxyl groups is 1. The van der Waals surface area contributed by atoms with Gasteiger partial charge in [-0.05, 0) is 17.9 Å². The zero-order valence-corrected chi connectivity index (χ0v) is 13.5. The molecular weight excluding hydrogens is 298 g/mol. The number of hydrogen-bond donors (Lipinski definition) is 2. The van der Waals surface area contributed by atoms with Gasteiger partial charge in [0.05, 0.1) is 19.3 Å². The van der Waals surface area contributed by atoms with E-state index in [0.717, 1.165) is 5.56 Å². The van der Waals surface area contributed by atoms with Crippen LogP contribution in [0, 0.1) is 5.92 Å². The number of rotatable bonds is 8. The molecule has 1 aromatic rings. The van der Waals surface area contributed by atoms with Crippen molar-refractivity contribution >= 4 is 11.9 Å². The van der Waals surface area contributed by atoms with E-state index in [1.54, 1.807) is 0 Å². The van der Waals surface area contributed by atoms with Crippen LogP contribution in [0.4, 0.5) is 4.79 Å². The highest BCUT2D eigenvalue weighted by Gasteiger charge is 2.54. The fraction of sp³-hybridized carbons (Fsp3) is 0.529. The molecule has 0 radical (unpaired) electrons. The van der Waals surface area contributed by atoms with E-state index in [4.69, 9.17) is 9.47 Å². The Kier molecular flexibility index (Phi) is 5.74. The molecule has 1 amide bonds. The van der Waals surface area contributed by atoms with Gasteiger partial charge < -0.3 is 19.9 Å². The minimum Gasteiger partial charge on any atom is -0.445 e. The van der Waals surface area contributed by atoms with Crippen LogP contribution >= 0.6 is 0 Å². The zero-order chi connectivity index (χ0) is 16.9. The first-order valence-corrected chi connectivity index (χ1v) is 7.73. The largest absolute Gasteiger partial charge is 0.445 e.